The first kappa shape index (κ1) is 12.0. The summed E-state index contributed by atoms with van der Waals surface area (Å²) in [5, 5.41) is 17.7. The second-order valence-corrected chi connectivity index (χ2v) is 5.20. The van der Waals surface area contributed by atoms with Gasteiger partial charge in [0.2, 0.25) is 5.13 Å². The number of anilines is 1. The molecule has 1 N–H and O–H groups in total. The first-order chi connectivity index (χ1) is 9.36. The van der Waals surface area contributed by atoms with Gasteiger partial charge in [0.1, 0.15) is 5.01 Å². The minimum Gasteiger partial charge on any atom is -0.354 e. The number of aromatic nitrogens is 5. The molecule has 0 saturated heterocycles. The molecule has 0 spiro atoms. The van der Waals surface area contributed by atoms with E-state index in [1.807, 2.05) is 16.6 Å². The van der Waals surface area contributed by atoms with E-state index in [0.29, 0.717) is 6.54 Å². The molecule has 6 nitrogen and oxygen atoms in total. The van der Waals surface area contributed by atoms with Gasteiger partial charge in [-0.25, -0.2) is 9.50 Å². The molecule has 0 aliphatic rings. The molecule has 3 rings (SSSR count). The first-order valence-electron chi connectivity index (χ1n) is 6.20. The van der Waals surface area contributed by atoms with Gasteiger partial charge >= 0.3 is 0 Å². The van der Waals surface area contributed by atoms with Crippen LogP contribution in [-0.4, -0.2) is 24.8 Å². The first-order valence-corrected chi connectivity index (χ1v) is 7.02. The van der Waals surface area contributed by atoms with E-state index in [4.69, 9.17) is 0 Å². The molecule has 98 valence electrons. The molecule has 0 aliphatic heterocycles. The van der Waals surface area contributed by atoms with E-state index < -0.39 is 0 Å². The maximum atomic E-state index is 4.25. The van der Waals surface area contributed by atoms with E-state index in [1.54, 1.807) is 23.7 Å². The van der Waals surface area contributed by atoms with Gasteiger partial charge in [0.15, 0.2) is 5.65 Å². The highest BCUT2D eigenvalue weighted by molar-refractivity contribution is 7.15. The summed E-state index contributed by atoms with van der Waals surface area (Å²) in [5.74, 6) is 0. The molecule has 3 aromatic rings. The van der Waals surface area contributed by atoms with Crippen LogP contribution < -0.4 is 5.32 Å². The topological polar surface area (TPSA) is 68.0 Å². The zero-order chi connectivity index (χ0) is 13.1. The summed E-state index contributed by atoms with van der Waals surface area (Å²) in [4.78, 5) is 4.23. The Morgan fingerprint density at radius 2 is 2.21 bits per heavy atom. The molecular weight excluding hydrogens is 260 g/mol. The predicted octanol–water partition coefficient (Wildman–Crippen LogP) is 2.15. The summed E-state index contributed by atoms with van der Waals surface area (Å²) in [5.41, 5.74) is 1.89. The minimum atomic E-state index is 0.654. The third-order valence-corrected chi connectivity index (χ3v) is 3.66. The maximum absolute atomic E-state index is 4.25. The number of hydrogen-bond donors (Lipinski definition) is 1. The smallest absolute Gasteiger partial charge is 0.205 e. The Kier molecular flexibility index (Phi) is 3.37. The van der Waals surface area contributed by atoms with Crippen molar-refractivity contribution >= 4 is 22.1 Å². The zero-order valence-corrected chi connectivity index (χ0v) is 11.4. The fourth-order valence-electron chi connectivity index (χ4n) is 1.83. The van der Waals surface area contributed by atoms with Gasteiger partial charge in [0.25, 0.3) is 0 Å². The normalized spacial score (nSPS) is 11.0. The average molecular weight is 274 g/mol. The molecule has 19 heavy (non-hydrogen) atoms. The molecule has 0 aromatic carbocycles. The van der Waals surface area contributed by atoms with Crippen molar-refractivity contribution in [2.45, 2.75) is 26.3 Å². The van der Waals surface area contributed by atoms with Crippen LogP contribution in [0.1, 0.15) is 24.0 Å². The van der Waals surface area contributed by atoms with Gasteiger partial charge in [-0.15, -0.1) is 10.2 Å². The molecule has 0 bridgehead atoms. The number of nitrogens with zero attached hydrogens (tertiary/aromatic N) is 5. The Labute approximate surface area is 114 Å². The summed E-state index contributed by atoms with van der Waals surface area (Å²) >= 11 is 1.61. The zero-order valence-electron chi connectivity index (χ0n) is 10.6. The number of rotatable bonds is 5. The third kappa shape index (κ3) is 2.55. The molecule has 3 heterocycles. The summed E-state index contributed by atoms with van der Waals surface area (Å²) in [7, 11) is 0. The second kappa shape index (κ2) is 5.31. The van der Waals surface area contributed by atoms with Crippen LogP contribution in [0.2, 0.25) is 0 Å². The van der Waals surface area contributed by atoms with Gasteiger partial charge in [0, 0.05) is 18.7 Å². The van der Waals surface area contributed by atoms with Crippen molar-refractivity contribution in [3.8, 4) is 0 Å². The van der Waals surface area contributed by atoms with Crippen molar-refractivity contribution in [3.05, 3.63) is 35.2 Å². The molecule has 0 fully saturated rings. The van der Waals surface area contributed by atoms with Gasteiger partial charge in [-0.05, 0) is 12.5 Å². The highest BCUT2D eigenvalue weighted by atomic mass is 32.1. The Morgan fingerprint density at radius 1 is 1.26 bits per heavy atom. The van der Waals surface area contributed by atoms with E-state index in [9.17, 15) is 0 Å². The lowest BCUT2D eigenvalue weighted by atomic mass is 10.4. The number of hydrogen-bond acceptors (Lipinski definition) is 6. The number of aryl methyl sites for hydroxylation is 1. The van der Waals surface area contributed by atoms with Crippen LogP contribution in [0, 0.1) is 0 Å². The maximum Gasteiger partial charge on any atom is 0.205 e. The van der Waals surface area contributed by atoms with Gasteiger partial charge in [0.05, 0.1) is 18.4 Å². The van der Waals surface area contributed by atoms with Crippen LogP contribution in [0.3, 0.4) is 0 Å². The fraction of sp³-hybridized carbons (Fsp3) is 0.333. The quantitative estimate of drug-likeness (QED) is 0.772. The van der Waals surface area contributed by atoms with Crippen molar-refractivity contribution in [1.82, 2.24) is 24.8 Å². The van der Waals surface area contributed by atoms with Gasteiger partial charge in [-0.1, -0.05) is 18.3 Å². The third-order valence-electron chi connectivity index (χ3n) is 2.72. The predicted molar refractivity (Wildman–Crippen MR) is 74.2 cm³/mol. The van der Waals surface area contributed by atoms with Crippen molar-refractivity contribution in [1.29, 1.82) is 0 Å². The molecule has 7 heteroatoms. The van der Waals surface area contributed by atoms with Gasteiger partial charge in [-0.2, -0.15) is 5.10 Å². The SMILES string of the molecule is CCCc1nnc(NCc2ccnc3ccnn23)s1. The highest BCUT2D eigenvalue weighted by Gasteiger charge is 2.05. The average Bonchev–Trinajstić information content (AvgIpc) is 3.05. The van der Waals surface area contributed by atoms with Crippen molar-refractivity contribution in [3.63, 3.8) is 0 Å². The number of nitrogens with one attached hydrogen (secondary N) is 1. The van der Waals surface area contributed by atoms with Crippen molar-refractivity contribution < 1.29 is 0 Å². The highest BCUT2D eigenvalue weighted by Crippen LogP contribution is 2.17. The van der Waals surface area contributed by atoms with E-state index >= 15 is 0 Å². The van der Waals surface area contributed by atoms with Crippen molar-refractivity contribution in [2.75, 3.05) is 5.32 Å². The summed E-state index contributed by atoms with van der Waals surface area (Å²) < 4.78 is 1.82. The fourth-order valence-corrected chi connectivity index (χ4v) is 2.66. The Hall–Kier alpha value is -2.02. The minimum absolute atomic E-state index is 0.654. The lowest BCUT2D eigenvalue weighted by Gasteiger charge is -2.04. The number of fused-ring (bicyclic) bond motifs is 1. The second-order valence-electron chi connectivity index (χ2n) is 4.14. The molecule has 0 radical (unpaired) electrons. The lowest BCUT2D eigenvalue weighted by molar-refractivity contribution is 0.849. The molecule has 0 atom stereocenters. The molecule has 0 aliphatic carbocycles. The standard InChI is InChI=1S/C12H14N6S/c1-2-3-11-16-17-12(19-11)14-8-9-4-6-13-10-5-7-15-18(9)10/h4-7H,2-3,8H2,1H3,(H,14,17). The van der Waals surface area contributed by atoms with Crippen LogP contribution in [0.15, 0.2) is 24.5 Å². The Bertz CT molecular complexity index is 673. The van der Waals surface area contributed by atoms with Crippen molar-refractivity contribution in [2.24, 2.45) is 0 Å². The van der Waals surface area contributed by atoms with E-state index in [1.165, 1.54) is 0 Å². The van der Waals surface area contributed by atoms with E-state index in [0.717, 1.165) is 34.3 Å². The van der Waals surface area contributed by atoms with Crippen LogP contribution in [0.5, 0.6) is 0 Å². The molecular formula is C12H14N6S. The lowest BCUT2D eigenvalue weighted by Crippen LogP contribution is -2.06. The molecule has 0 saturated carbocycles. The molecule has 0 unspecified atom stereocenters. The van der Waals surface area contributed by atoms with Gasteiger partial charge < -0.3 is 5.32 Å². The largest absolute Gasteiger partial charge is 0.354 e. The monoisotopic (exact) mass is 274 g/mol. The van der Waals surface area contributed by atoms with Crippen LogP contribution >= 0.6 is 11.3 Å². The van der Waals surface area contributed by atoms with E-state index in [2.05, 4.69) is 32.5 Å². The van der Waals surface area contributed by atoms with Crippen LogP contribution in [0.4, 0.5) is 5.13 Å². The van der Waals surface area contributed by atoms with Gasteiger partial charge in [-0.3, -0.25) is 0 Å². The summed E-state index contributed by atoms with van der Waals surface area (Å²) in [6.45, 7) is 2.79. The summed E-state index contributed by atoms with van der Waals surface area (Å²) in [6, 6.07) is 3.83. The van der Waals surface area contributed by atoms with Crippen LogP contribution in [0.25, 0.3) is 5.65 Å². The van der Waals surface area contributed by atoms with E-state index in [-0.39, 0.29) is 0 Å². The summed E-state index contributed by atoms with van der Waals surface area (Å²) in [6.07, 6.45) is 5.61. The molecule has 3 aromatic heterocycles. The Balaban J connectivity index is 1.73. The molecule has 0 amide bonds. The Morgan fingerprint density at radius 3 is 3.11 bits per heavy atom. The van der Waals surface area contributed by atoms with Crippen LogP contribution in [-0.2, 0) is 13.0 Å².